The molecule has 0 amide bonds. The molecular formula is C11H14N4. The van der Waals surface area contributed by atoms with Crippen molar-refractivity contribution >= 4 is 5.69 Å². The molecule has 0 N–H and O–H groups in total. The summed E-state index contributed by atoms with van der Waals surface area (Å²) in [5.74, 6) is 0. The Labute approximate surface area is 89.1 Å². The standard InChI is InChI=1S/C11H14N4/c12-14-13-11-6-2-1-5-10(11)9-15-7-3-4-8-15/h1-2,5-6H,3-4,7-9H2. The van der Waals surface area contributed by atoms with Gasteiger partial charge in [-0.15, -0.1) is 0 Å². The van der Waals surface area contributed by atoms with Crippen molar-refractivity contribution in [2.45, 2.75) is 19.4 Å². The van der Waals surface area contributed by atoms with Crippen LogP contribution in [0.1, 0.15) is 18.4 Å². The molecule has 0 aromatic heterocycles. The second-order valence-corrected chi connectivity index (χ2v) is 3.80. The van der Waals surface area contributed by atoms with Gasteiger partial charge in [0, 0.05) is 17.1 Å². The zero-order valence-corrected chi connectivity index (χ0v) is 8.63. The normalized spacial score (nSPS) is 16.3. The lowest BCUT2D eigenvalue weighted by atomic mass is 10.2. The van der Waals surface area contributed by atoms with Crippen LogP contribution in [0.25, 0.3) is 10.4 Å². The van der Waals surface area contributed by atoms with Crippen LogP contribution < -0.4 is 0 Å². The van der Waals surface area contributed by atoms with Crippen LogP contribution in [0.2, 0.25) is 0 Å². The van der Waals surface area contributed by atoms with Gasteiger partial charge in [0.1, 0.15) is 0 Å². The van der Waals surface area contributed by atoms with Crippen LogP contribution in [0.5, 0.6) is 0 Å². The molecule has 4 heteroatoms. The van der Waals surface area contributed by atoms with Crippen molar-refractivity contribution in [3.8, 4) is 0 Å². The maximum absolute atomic E-state index is 8.45. The van der Waals surface area contributed by atoms with Gasteiger partial charge in [-0.25, -0.2) is 0 Å². The first-order valence-electron chi connectivity index (χ1n) is 5.25. The van der Waals surface area contributed by atoms with Crippen LogP contribution in [0.4, 0.5) is 5.69 Å². The molecule has 2 rings (SSSR count). The highest BCUT2D eigenvalue weighted by Gasteiger charge is 2.12. The fourth-order valence-corrected chi connectivity index (χ4v) is 1.97. The van der Waals surface area contributed by atoms with E-state index in [2.05, 4.69) is 14.9 Å². The number of hydrogen-bond acceptors (Lipinski definition) is 2. The number of nitrogens with zero attached hydrogens (tertiary/aromatic N) is 4. The van der Waals surface area contributed by atoms with Crippen molar-refractivity contribution in [1.29, 1.82) is 0 Å². The Kier molecular flexibility index (Phi) is 3.22. The lowest BCUT2D eigenvalue weighted by Gasteiger charge is -2.15. The predicted octanol–water partition coefficient (Wildman–Crippen LogP) is 3.22. The van der Waals surface area contributed by atoms with Gasteiger partial charge < -0.3 is 0 Å². The summed E-state index contributed by atoms with van der Waals surface area (Å²) in [7, 11) is 0. The molecule has 4 nitrogen and oxygen atoms in total. The van der Waals surface area contributed by atoms with Gasteiger partial charge in [0.25, 0.3) is 0 Å². The molecular weight excluding hydrogens is 188 g/mol. The van der Waals surface area contributed by atoms with Crippen LogP contribution in [0, 0.1) is 0 Å². The number of likely N-dealkylation sites (tertiary alicyclic amines) is 1. The molecule has 1 fully saturated rings. The highest BCUT2D eigenvalue weighted by Crippen LogP contribution is 2.22. The molecule has 0 bridgehead atoms. The molecule has 0 radical (unpaired) electrons. The van der Waals surface area contributed by atoms with Gasteiger partial charge in [0.2, 0.25) is 0 Å². The van der Waals surface area contributed by atoms with E-state index in [1.165, 1.54) is 12.8 Å². The molecule has 1 aliphatic heterocycles. The van der Waals surface area contributed by atoms with Gasteiger partial charge in [-0.2, -0.15) is 0 Å². The highest BCUT2D eigenvalue weighted by molar-refractivity contribution is 5.45. The van der Waals surface area contributed by atoms with Gasteiger partial charge in [0.15, 0.2) is 0 Å². The summed E-state index contributed by atoms with van der Waals surface area (Å²) in [6, 6.07) is 7.78. The summed E-state index contributed by atoms with van der Waals surface area (Å²) in [6.07, 6.45) is 2.56. The number of azide groups is 1. The van der Waals surface area contributed by atoms with Crippen LogP contribution >= 0.6 is 0 Å². The van der Waals surface area contributed by atoms with Crippen molar-refractivity contribution in [3.63, 3.8) is 0 Å². The largest absolute Gasteiger partial charge is 0.299 e. The number of rotatable bonds is 3. The Morgan fingerprint density at radius 3 is 2.73 bits per heavy atom. The van der Waals surface area contributed by atoms with E-state index in [4.69, 9.17) is 5.53 Å². The Morgan fingerprint density at radius 1 is 1.27 bits per heavy atom. The molecule has 15 heavy (non-hydrogen) atoms. The second kappa shape index (κ2) is 4.82. The van der Waals surface area contributed by atoms with E-state index < -0.39 is 0 Å². The quantitative estimate of drug-likeness (QED) is 0.421. The van der Waals surface area contributed by atoms with Gasteiger partial charge in [0.05, 0.1) is 0 Å². The Morgan fingerprint density at radius 2 is 2.00 bits per heavy atom. The SMILES string of the molecule is [N-]=[N+]=Nc1ccccc1CN1CCCC1. The van der Waals surface area contributed by atoms with Gasteiger partial charge in [-0.3, -0.25) is 4.90 Å². The van der Waals surface area contributed by atoms with Gasteiger partial charge >= 0.3 is 0 Å². The third-order valence-corrected chi connectivity index (χ3v) is 2.74. The van der Waals surface area contributed by atoms with Crippen LogP contribution in [0.15, 0.2) is 29.4 Å². The Hall–Kier alpha value is -1.51. The van der Waals surface area contributed by atoms with Crippen LogP contribution in [-0.2, 0) is 6.54 Å². The second-order valence-electron chi connectivity index (χ2n) is 3.80. The van der Waals surface area contributed by atoms with Crippen molar-refractivity contribution < 1.29 is 0 Å². The Balaban J connectivity index is 2.15. The molecule has 1 heterocycles. The summed E-state index contributed by atoms with van der Waals surface area (Å²) >= 11 is 0. The smallest absolute Gasteiger partial charge is 0.0420 e. The lowest BCUT2D eigenvalue weighted by Crippen LogP contribution is -2.18. The molecule has 1 aromatic rings. The average molecular weight is 202 g/mol. The molecule has 0 spiro atoms. The first-order chi connectivity index (χ1) is 7.40. The molecule has 0 aliphatic carbocycles. The molecule has 78 valence electrons. The van der Waals surface area contributed by atoms with Crippen molar-refractivity contribution in [2.24, 2.45) is 5.11 Å². The third kappa shape index (κ3) is 2.49. The van der Waals surface area contributed by atoms with Crippen LogP contribution in [0.3, 0.4) is 0 Å². The van der Waals surface area contributed by atoms with Crippen molar-refractivity contribution in [1.82, 2.24) is 4.90 Å². The summed E-state index contributed by atoms with van der Waals surface area (Å²) < 4.78 is 0. The zero-order valence-electron chi connectivity index (χ0n) is 8.63. The van der Waals surface area contributed by atoms with Gasteiger partial charge in [-0.05, 0) is 37.0 Å². The summed E-state index contributed by atoms with van der Waals surface area (Å²) in [5.41, 5.74) is 10.3. The first-order valence-corrected chi connectivity index (χ1v) is 5.25. The number of benzene rings is 1. The van der Waals surface area contributed by atoms with Crippen LogP contribution in [-0.4, -0.2) is 18.0 Å². The maximum atomic E-state index is 8.45. The minimum absolute atomic E-state index is 0.756. The van der Waals surface area contributed by atoms with E-state index in [1.807, 2.05) is 24.3 Å². The first kappa shape index (κ1) is 10.0. The van der Waals surface area contributed by atoms with E-state index in [-0.39, 0.29) is 0 Å². The van der Waals surface area contributed by atoms with E-state index in [0.717, 1.165) is 30.9 Å². The molecule has 0 saturated carbocycles. The third-order valence-electron chi connectivity index (χ3n) is 2.74. The minimum atomic E-state index is 0.756. The molecule has 0 unspecified atom stereocenters. The van der Waals surface area contributed by atoms with E-state index >= 15 is 0 Å². The summed E-state index contributed by atoms with van der Waals surface area (Å²) in [5, 5.41) is 3.70. The molecule has 1 saturated heterocycles. The Bertz CT molecular complexity index is 376. The van der Waals surface area contributed by atoms with E-state index in [1.54, 1.807) is 0 Å². The highest BCUT2D eigenvalue weighted by atomic mass is 15.2. The topological polar surface area (TPSA) is 52.0 Å². The average Bonchev–Trinajstić information content (AvgIpc) is 2.74. The van der Waals surface area contributed by atoms with Crippen molar-refractivity contribution in [3.05, 3.63) is 40.3 Å². The van der Waals surface area contributed by atoms with Crippen molar-refractivity contribution in [2.75, 3.05) is 13.1 Å². The molecule has 0 atom stereocenters. The fourth-order valence-electron chi connectivity index (χ4n) is 1.97. The zero-order chi connectivity index (χ0) is 10.5. The monoisotopic (exact) mass is 202 g/mol. The number of hydrogen-bond donors (Lipinski definition) is 0. The molecule has 1 aromatic carbocycles. The molecule has 1 aliphatic rings. The van der Waals surface area contributed by atoms with Gasteiger partial charge in [-0.1, -0.05) is 29.4 Å². The lowest BCUT2D eigenvalue weighted by molar-refractivity contribution is 0.332. The van der Waals surface area contributed by atoms with E-state index in [0.29, 0.717) is 0 Å². The predicted molar refractivity (Wildman–Crippen MR) is 59.8 cm³/mol. The van der Waals surface area contributed by atoms with E-state index in [9.17, 15) is 0 Å². The fraction of sp³-hybridized carbons (Fsp3) is 0.455. The minimum Gasteiger partial charge on any atom is -0.299 e. The summed E-state index contributed by atoms with van der Waals surface area (Å²) in [4.78, 5) is 5.24. The maximum Gasteiger partial charge on any atom is 0.0420 e. The summed E-state index contributed by atoms with van der Waals surface area (Å²) in [6.45, 7) is 3.21.